The number of methoxy groups -OCH3 is 1. The Labute approximate surface area is 317 Å². The molecule has 0 aromatic heterocycles. The number of benzene rings is 1. The molecule has 0 aliphatic carbocycles. The summed E-state index contributed by atoms with van der Waals surface area (Å²) in [6.07, 6.45) is 1.75. The molecule has 0 saturated carbocycles. The second-order valence-electron chi connectivity index (χ2n) is 12.5. The standard InChI is InChI=1S/C36H60N8O10/c1-6-8-29(45)42-24-28(44-32(48)9-7-2)35(51)41-21-23-54-36(3,4)53-22-20-39-33(49)25-43-31(47)15-14-30(46)38-18-16-37-17-19-40-34(50)26-10-12-27(52-5)13-11-26/h10-13,28,37H,6-9,14-25H2,1-5H3,(H,38,46)(H,39,49)(H,40,50)(H,41,51)(H,42,45)(H,43,47)(H,44,48). The zero-order chi connectivity index (χ0) is 40.2. The first-order chi connectivity index (χ1) is 25.8. The van der Waals surface area contributed by atoms with E-state index >= 15 is 0 Å². The van der Waals surface area contributed by atoms with Crippen LogP contribution in [0.3, 0.4) is 0 Å². The van der Waals surface area contributed by atoms with Gasteiger partial charge in [-0.05, 0) is 51.0 Å². The molecular formula is C36H60N8O10. The first kappa shape index (κ1) is 47.2. The van der Waals surface area contributed by atoms with Crippen molar-refractivity contribution < 1.29 is 47.8 Å². The maximum atomic E-state index is 12.7. The third kappa shape index (κ3) is 23.0. The van der Waals surface area contributed by atoms with E-state index in [1.807, 2.05) is 13.8 Å². The second kappa shape index (κ2) is 27.7. The van der Waals surface area contributed by atoms with E-state index < -0.39 is 29.6 Å². The first-order valence-corrected chi connectivity index (χ1v) is 18.3. The molecule has 18 nitrogen and oxygen atoms in total. The summed E-state index contributed by atoms with van der Waals surface area (Å²) >= 11 is 0. The molecule has 1 rings (SSSR count). The maximum absolute atomic E-state index is 12.7. The van der Waals surface area contributed by atoms with Crippen LogP contribution >= 0.6 is 0 Å². The molecule has 18 heteroatoms. The van der Waals surface area contributed by atoms with Gasteiger partial charge in [0, 0.05) is 77.1 Å². The van der Waals surface area contributed by atoms with Gasteiger partial charge in [0.05, 0.1) is 26.9 Å². The van der Waals surface area contributed by atoms with Crippen LogP contribution in [0.2, 0.25) is 0 Å². The number of nitrogens with one attached hydrogen (secondary N) is 8. The van der Waals surface area contributed by atoms with Crippen LogP contribution in [0.1, 0.15) is 76.6 Å². The molecule has 0 aliphatic rings. The zero-order valence-electron chi connectivity index (χ0n) is 32.3. The Bertz CT molecular complexity index is 1330. The lowest BCUT2D eigenvalue weighted by Gasteiger charge is -2.26. The fourth-order valence-corrected chi connectivity index (χ4v) is 4.53. The van der Waals surface area contributed by atoms with E-state index in [0.29, 0.717) is 56.8 Å². The lowest BCUT2D eigenvalue weighted by Crippen LogP contribution is -2.53. The number of hydrogen-bond donors (Lipinski definition) is 8. The van der Waals surface area contributed by atoms with Gasteiger partial charge in [-0.15, -0.1) is 0 Å². The van der Waals surface area contributed by atoms with Crippen LogP contribution in [0, 0.1) is 0 Å². The number of hydrogen-bond acceptors (Lipinski definition) is 11. The van der Waals surface area contributed by atoms with Gasteiger partial charge in [0.2, 0.25) is 35.4 Å². The summed E-state index contributed by atoms with van der Waals surface area (Å²) in [7, 11) is 1.55. The van der Waals surface area contributed by atoms with Gasteiger partial charge in [0.15, 0.2) is 5.79 Å². The third-order valence-electron chi connectivity index (χ3n) is 7.42. The van der Waals surface area contributed by atoms with Crippen LogP contribution in [0.4, 0.5) is 0 Å². The van der Waals surface area contributed by atoms with Crippen LogP contribution in [0.25, 0.3) is 0 Å². The summed E-state index contributed by atoms with van der Waals surface area (Å²) in [6.45, 7) is 8.98. The highest BCUT2D eigenvalue weighted by molar-refractivity contribution is 5.94. The molecule has 1 unspecified atom stereocenters. The lowest BCUT2D eigenvalue weighted by atomic mass is 10.2. The molecule has 0 bridgehead atoms. The molecule has 1 aromatic carbocycles. The molecule has 0 spiro atoms. The highest BCUT2D eigenvalue weighted by Crippen LogP contribution is 2.11. The van der Waals surface area contributed by atoms with Gasteiger partial charge in [0.25, 0.3) is 5.91 Å². The van der Waals surface area contributed by atoms with E-state index in [0.717, 1.165) is 0 Å². The van der Waals surface area contributed by atoms with Gasteiger partial charge >= 0.3 is 0 Å². The van der Waals surface area contributed by atoms with Crippen LogP contribution in [-0.2, 0) is 38.2 Å². The van der Waals surface area contributed by atoms with Gasteiger partial charge in [-0.1, -0.05) is 13.8 Å². The van der Waals surface area contributed by atoms with E-state index in [2.05, 4.69) is 42.5 Å². The second-order valence-corrected chi connectivity index (χ2v) is 12.5. The number of ether oxygens (including phenoxy) is 3. The molecule has 54 heavy (non-hydrogen) atoms. The normalized spacial score (nSPS) is 11.4. The van der Waals surface area contributed by atoms with E-state index in [4.69, 9.17) is 14.2 Å². The minimum Gasteiger partial charge on any atom is -0.497 e. The fourth-order valence-electron chi connectivity index (χ4n) is 4.53. The van der Waals surface area contributed by atoms with Gasteiger partial charge in [-0.2, -0.15) is 0 Å². The van der Waals surface area contributed by atoms with Crippen LogP contribution in [-0.4, -0.2) is 126 Å². The fraction of sp³-hybridized carbons (Fsp3) is 0.639. The Hall–Kier alpha value is -4.81. The van der Waals surface area contributed by atoms with Gasteiger partial charge in [-0.25, -0.2) is 0 Å². The Morgan fingerprint density at radius 1 is 0.611 bits per heavy atom. The van der Waals surface area contributed by atoms with E-state index in [-0.39, 0.29) is 82.3 Å². The molecule has 0 aliphatic heterocycles. The SMILES string of the molecule is CCCC(=O)NCC(NC(=O)CCC)C(=O)NCCOC(C)(C)OCCNC(=O)CNC(=O)CCC(=O)NCCNCCNC(=O)c1ccc(OC)cc1. The van der Waals surface area contributed by atoms with Crippen molar-refractivity contribution in [2.75, 3.05) is 72.7 Å². The predicted molar refractivity (Wildman–Crippen MR) is 200 cm³/mol. The van der Waals surface area contributed by atoms with Crippen molar-refractivity contribution >= 4 is 41.4 Å². The average molecular weight is 765 g/mol. The smallest absolute Gasteiger partial charge is 0.251 e. The minimum absolute atomic E-state index is 0.0275. The number of carbonyl (C=O) groups is 7. The summed E-state index contributed by atoms with van der Waals surface area (Å²) in [4.78, 5) is 85.0. The Morgan fingerprint density at radius 2 is 1.15 bits per heavy atom. The third-order valence-corrected chi connectivity index (χ3v) is 7.42. The highest BCUT2D eigenvalue weighted by Gasteiger charge is 2.22. The van der Waals surface area contributed by atoms with E-state index in [1.165, 1.54) is 0 Å². The molecule has 0 radical (unpaired) electrons. The first-order valence-electron chi connectivity index (χ1n) is 18.3. The van der Waals surface area contributed by atoms with Crippen LogP contribution < -0.4 is 47.3 Å². The minimum atomic E-state index is -1.04. The van der Waals surface area contributed by atoms with Gasteiger partial charge < -0.3 is 56.7 Å². The van der Waals surface area contributed by atoms with Crippen molar-refractivity contribution in [3.8, 4) is 5.75 Å². The van der Waals surface area contributed by atoms with Crippen molar-refractivity contribution in [1.29, 1.82) is 0 Å². The van der Waals surface area contributed by atoms with Crippen molar-refractivity contribution in [2.45, 2.75) is 78.0 Å². The molecule has 1 atom stereocenters. The van der Waals surface area contributed by atoms with E-state index in [1.54, 1.807) is 45.2 Å². The molecule has 0 saturated heterocycles. The average Bonchev–Trinajstić information content (AvgIpc) is 3.14. The van der Waals surface area contributed by atoms with Crippen LogP contribution in [0.5, 0.6) is 5.75 Å². The zero-order valence-corrected chi connectivity index (χ0v) is 32.3. The molecule has 7 amide bonds. The topological polar surface area (TPSA) is 243 Å². The summed E-state index contributed by atoms with van der Waals surface area (Å²) < 4.78 is 16.4. The molecular weight excluding hydrogens is 704 g/mol. The van der Waals surface area contributed by atoms with Gasteiger partial charge in [0.1, 0.15) is 11.8 Å². The van der Waals surface area contributed by atoms with E-state index in [9.17, 15) is 33.6 Å². The van der Waals surface area contributed by atoms with Crippen LogP contribution in [0.15, 0.2) is 24.3 Å². The Kier molecular flexibility index (Phi) is 24.3. The Morgan fingerprint density at radius 3 is 1.76 bits per heavy atom. The summed E-state index contributed by atoms with van der Waals surface area (Å²) in [5.41, 5.74) is 0.526. The summed E-state index contributed by atoms with van der Waals surface area (Å²) in [5.74, 6) is -2.70. The molecule has 0 fully saturated rings. The van der Waals surface area contributed by atoms with Crippen molar-refractivity contribution in [3.05, 3.63) is 29.8 Å². The number of carbonyl (C=O) groups excluding carboxylic acids is 7. The van der Waals surface area contributed by atoms with Crippen molar-refractivity contribution in [3.63, 3.8) is 0 Å². The number of rotatable bonds is 29. The molecule has 8 N–H and O–H groups in total. The maximum Gasteiger partial charge on any atom is 0.251 e. The predicted octanol–water partition coefficient (Wildman–Crippen LogP) is -0.770. The molecule has 1 aromatic rings. The summed E-state index contributed by atoms with van der Waals surface area (Å²) in [6, 6.07) is 5.85. The van der Waals surface area contributed by atoms with Crippen molar-refractivity contribution in [2.24, 2.45) is 0 Å². The number of amides is 7. The van der Waals surface area contributed by atoms with Gasteiger partial charge in [-0.3, -0.25) is 33.6 Å². The molecule has 0 heterocycles. The Balaban J connectivity index is 2.14. The highest BCUT2D eigenvalue weighted by atomic mass is 16.7. The lowest BCUT2D eigenvalue weighted by molar-refractivity contribution is -0.211. The molecule has 304 valence electrons. The largest absolute Gasteiger partial charge is 0.497 e. The quantitative estimate of drug-likeness (QED) is 0.0372. The van der Waals surface area contributed by atoms with Crippen molar-refractivity contribution in [1.82, 2.24) is 42.5 Å². The monoisotopic (exact) mass is 764 g/mol. The summed E-state index contributed by atoms with van der Waals surface area (Å²) in [5, 5.41) is 21.7.